The number of hydrogen-bond acceptors (Lipinski definition) is 7. The monoisotopic (exact) mass is 463 g/mol. The molecule has 1 fully saturated rings. The summed E-state index contributed by atoms with van der Waals surface area (Å²) < 4.78 is 21.2. The molecule has 0 aromatic carbocycles. The van der Waals surface area contributed by atoms with E-state index in [0.29, 0.717) is 35.3 Å². The Kier molecular flexibility index (Phi) is 8.47. The summed E-state index contributed by atoms with van der Waals surface area (Å²) in [5.41, 5.74) is 9.49. The molecule has 8 heteroatoms. The van der Waals surface area contributed by atoms with E-state index in [1.54, 1.807) is 0 Å². The van der Waals surface area contributed by atoms with Crippen molar-refractivity contribution in [3.63, 3.8) is 0 Å². The molecule has 178 valence electrons. The predicted octanol–water partition coefficient (Wildman–Crippen LogP) is 4.51. The zero-order valence-electron chi connectivity index (χ0n) is 20.1. The number of likely N-dealkylation sites (N-methyl/N-ethyl adjacent to an activating group) is 1. The molecule has 2 heterocycles. The summed E-state index contributed by atoms with van der Waals surface area (Å²) in [5, 5.41) is 0. The summed E-state index contributed by atoms with van der Waals surface area (Å²) in [6.07, 6.45) is 8.00. The number of esters is 1. The van der Waals surface area contributed by atoms with E-state index in [4.69, 9.17) is 15.2 Å². The van der Waals surface area contributed by atoms with Crippen LogP contribution in [0.25, 0.3) is 5.57 Å². The van der Waals surface area contributed by atoms with E-state index >= 15 is 0 Å². The first-order valence-corrected chi connectivity index (χ1v) is 12.7. The molecule has 7 nitrogen and oxygen atoms in total. The first kappa shape index (κ1) is 24.9. The number of rotatable bonds is 12. The molecule has 1 saturated carbocycles. The van der Waals surface area contributed by atoms with Crippen molar-refractivity contribution < 1.29 is 18.8 Å². The Morgan fingerprint density at radius 3 is 2.69 bits per heavy atom. The lowest BCUT2D eigenvalue weighted by molar-refractivity contribution is -0.879. The highest BCUT2D eigenvalue weighted by Crippen LogP contribution is 2.46. The van der Waals surface area contributed by atoms with E-state index in [1.165, 1.54) is 48.6 Å². The molecule has 1 unspecified atom stereocenters. The van der Waals surface area contributed by atoms with Gasteiger partial charge in [-0.3, -0.25) is 4.48 Å². The number of nitrogens with two attached hydrogens (primary N) is 1. The Labute approximate surface area is 196 Å². The lowest BCUT2D eigenvalue weighted by Gasteiger charge is -2.39. The molecule has 1 aliphatic carbocycles. The van der Waals surface area contributed by atoms with Crippen LogP contribution in [-0.4, -0.2) is 52.0 Å². The fourth-order valence-corrected chi connectivity index (χ4v) is 4.62. The highest BCUT2D eigenvalue weighted by atomic mass is 32.1. The van der Waals surface area contributed by atoms with Gasteiger partial charge in [-0.1, -0.05) is 45.6 Å². The van der Waals surface area contributed by atoms with Crippen LogP contribution in [0.4, 0.5) is 0 Å². The Hall–Kier alpha value is -1.77. The highest BCUT2D eigenvalue weighted by molar-refractivity contribution is 6.99. The molecule has 1 aliphatic heterocycles. The molecule has 2 N–H and O–H groups in total. The van der Waals surface area contributed by atoms with Gasteiger partial charge in [-0.25, -0.2) is 4.79 Å². The van der Waals surface area contributed by atoms with Crippen LogP contribution in [0.2, 0.25) is 0 Å². The van der Waals surface area contributed by atoms with Gasteiger partial charge < -0.3 is 15.2 Å². The molecule has 1 aromatic rings. The van der Waals surface area contributed by atoms with Gasteiger partial charge in [0.05, 0.1) is 31.9 Å². The number of quaternary nitrogens is 1. The standard InChI is InChI=1S/C24H39N4O3S/c1-6-7-8-9-14-30-23-22(26-32-27-23)20-15-28(5,13-12-19(20)18-10-11-18)17(4)31-24(29)21(25)16(2)3/h16,18,21H,4,6-15,25H2,1-3,5H3/q+1/t21-,28?/m0/s1. The van der Waals surface area contributed by atoms with Gasteiger partial charge in [0.2, 0.25) is 0 Å². The van der Waals surface area contributed by atoms with Crippen molar-refractivity contribution >= 4 is 23.3 Å². The molecular weight excluding hydrogens is 424 g/mol. The van der Waals surface area contributed by atoms with Crippen molar-refractivity contribution in [2.75, 3.05) is 26.7 Å². The summed E-state index contributed by atoms with van der Waals surface area (Å²) in [6.45, 7) is 12.3. The Bertz CT molecular complexity index is 846. The third kappa shape index (κ3) is 5.97. The van der Waals surface area contributed by atoms with Crippen LogP contribution in [0.15, 0.2) is 18.0 Å². The maximum absolute atomic E-state index is 12.4. The van der Waals surface area contributed by atoms with Crippen molar-refractivity contribution in [3.8, 4) is 5.88 Å². The summed E-state index contributed by atoms with van der Waals surface area (Å²) in [7, 11) is 2.06. The van der Waals surface area contributed by atoms with Crippen LogP contribution in [0.5, 0.6) is 5.88 Å². The van der Waals surface area contributed by atoms with E-state index in [-0.39, 0.29) is 5.92 Å². The number of hydrogen-bond donors (Lipinski definition) is 1. The minimum atomic E-state index is -0.657. The van der Waals surface area contributed by atoms with E-state index in [0.717, 1.165) is 31.5 Å². The van der Waals surface area contributed by atoms with Gasteiger partial charge in [-0.2, -0.15) is 4.37 Å². The Morgan fingerprint density at radius 1 is 1.28 bits per heavy atom. The van der Waals surface area contributed by atoms with Crippen LogP contribution in [0.3, 0.4) is 0 Å². The summed E-state index contributed by atoms with van der Waals surface area (Å²) in [5.74, 6) is 1.29. The van der Waals surface area contributed by atoms with Crippen LogP contribution in [-0.2, 0) is 9.53 Å². The number of carbonyl (C=O) groups is 1. The molecule has 2 atom stereocenters. The normalized spacial score (nSPS) is 22.2. The van der Waals surface area contributed by atoms with Gasteiger partial charge in [0.15, 0.2) is 0 Å². The van der Waals surface area contributed by atoms with Crippen molar-refractivity contribution in [1.82, 2.24) is 8.75 Å². The second-order valence-electron chi connectivity index (χ2n) is 9.72. The number of aromatic nitrogens is 2. The molecule has 0 bridgehead atoms. The van der Waals surface area contributed by atoms with E-state index in [1.807, 2.05) is 13.8 Å². The van der Waals surface area contributed by atoms with Crippen molar-refractivity contribution in [1.29, 1.82) is 0 Å². The lowest BCUT2D eigenvalue weighted by atomic mass is 9.92. The second-order valence-corrected chi connectivity index (χ2v) is 10.2. The third-order valence-electron chi connectivity index (χ3n) is 6.63. The smallest absolute Gasteiger partial charge is 0.332 e. The number of ether oxygens (including phenoxy) is 2. The van der Waals surface area contributed by atoms with Gasteiger partial charge in [0.25, 0.3) is 11.8 Å². The van der Waals surface area contributed by atoms with Crippen LogP contribution in [0, 0.1) is 11.8 Å². The maximum Gasteiger partial charge on any atom is 0.332 e. The van der Waals surface area contributed by atoms with Crippen LogP contribution < -0.4 is 10.5 Å². The molecule has 3 rings (SSSR count). The average Bonchev–Trinajstić information content (AvgIpc) is 3.50. The van der Waals surface area contributed by atoms with E-state index in [2.05, 4.69) is 29.3 Å². The highest BCUT2D eigenvalue weighted by Gasteiger charge is 2.42. The fraction of sp³-hybridized carbons (Fsp3) is 0.708. The van der Waals surface area contributed by atoms with Crippen molar-refractivity contribution in [3.05, 3.63) is 23.7 Å². The summed E-state index contributed by atoms with van der Waals surface area (Å²) in [4.78, 5) is 12.4. The van der Waals surface area contributed by atoms with Gasteiger partial charge in [0.1, 0.15) is 18.3 Å². The minimum absolute atomic E-state index is 0.0111. The molecular formula is C24H39N4O3S+. The quantitative estimate of drug-likeness (QED) is 0.212. The molecule has 32 heavy (non-hydrogen) atoms. The molecule has 0 spiro atoms. The average molecular weight is 464 g/mol. The van der Waals surface area contributed by atoms with Crippen LogP contribution in [0.1, 0.15) is 71.4 Å². The molecule has 1 aromatic heterocycles. The predicted molar refractivity (Wildman–Crippen MR) is 128 cm³/mol. The largest absolute Gasteiger partial charge is 0.475 e. The first-order valence-electron chi connectivity index (χ1n) is 12.0. The van der Waals surface area contributed by atoms with E-state index < -0.39 is 12.0 Å². The lowest BCUT2D eigenvalue weighted by Crippen LogP contribution is -2.49. The van der Waals surface area contributed by atoms with Crippen molar-refractivity contribution in [2.45, 2.75) is 71.8 Å². The van der Waals surface area contributed by atoms with Gasteiger partial charge in [-0.05, 0) is 31.1 Å². The van der Waals surface area contributed by atoms with Gasteiger partial charge in [-0.15, -0.1) is 4.37 Å². The fourth-order valence-electron chi connectivity index (χ4n) is 4.09. The Morgan fingerprint density at radius 2 is 2.03 bits per heavy atom. The van der Waals surface area contributed by atoms with Gasteiger partial charge in [0, 0.05) is 18.6 Å². The van der Waals surface area contributed by atoms with Crippen molar-refractivity contribution in [2.24, 2.45) is 17.6 Å². The zero-order valence-corrected chi connectivity index (χ0v) is 20.9. The number of unbranched alkanes of at least 4 members (excludes halogenated alkanes) is 3. The Balaban J connectivity index is 1.76. The number of carbonyl (C=O) groups excluding carboxylic acids is 1. The summed E-state index contributed by atoms with van der Waals surface area (Å²) >= 11 is 1.20. The number of nitrogens with zero attached hydrogens (tertiary/aromatic N) is 3. The second kappa shape index (κ2) is 10.9. The molecule has 0 amide bonds. The molecule has 0 radical (unpaired) electrons. The topological polar surface area (TPSA) is 87.3 Å². The van der Waals surface area contributed by atoms with Gasteiger partial charge >= 0.3 is 5.97 Å². The molecule has 2 aliphatic rings. The SMILES string of the molecule is C=C(OC(=O)[C@@H](N)C(C)C)[N+]1(C)CCC(C2CC2)=C(c2nsnc2OCCCCCC)C1. The third-order valence-corrected chi connectivity index (χ3v) is 7.14. The van der Waals surface area contributed by atoms with Crippen LogP contribution >= 0.6 is 11.7 Å². The minimum Gasteiger partial charge on any atom is -0.475 e. The first-order chi connectivity index (χ1) is 15.3. The maximum atomic E-state index is 12.4. The summed E-state index contributed by atoms with van der Waals surface area (Å²) in [6, 6.07) is -0.657. The molecule has 0 saturated heterocycles. The zero-order chi connectivity index (χ0) is 23.3. The van der Waals surface area contributed by atoms with E-state index in [9.17, 15) is 4.79 Å².